The summed E-state index contributed by atoms with van der Waals surface area (Å²) in [5.41, 5.74) is -3.13. The molecule has 2 aromatic rings. The molecule has 0 aliphatic carbocycles. The summed E-state index contributed by atoms with van der Waals surface area (Å²) in [6.07, 6.45) is -3.46. The van der Waals surface area contributed by atoms with E-state index in [4.69, 9.17) is 32.8 Å². The Kier molecular flexibility index (Phi) is 7.51. The van der Waals surface area contributed by atoms with Crippen molar-refractivity contribution in [3.05, 3.63) is 66.4 Å². The predicted molar refractivity (Wildman–Crippen MR) is 107 cm³/mol. The second kappa shape index (κ2) is 9.50. The smallest absolute Gasteiger partial charge is 0.399 e. The van der Waals surface area contributed by atoms with Crippen LogP contribution in [0.2, 0.25) is 5.02 Å². The van der Waals surface area contributed by atoms with E-state index in [2.05, 4.69) is 5.16 Å². The number of halogens is 5. The van der Waals surface area contributed by atoms with Crippen LogP contribution in [0.4, 0.5) is 13.2 Å². The highest BCUT2D eigenvalue weighted by Crippen LogP contribution is 2.27. The van der Waals surface area contributed by atoms with Crippen molar-refractivity contribution in [2.45, 2.75) is 6.18 Å². The van der Waals surface area contributed by atoms with Gasteiger partial charge in [0.1, 0.15) is 18.5 Å². The first-order chi connectivity index (χ1) is 14.0. The normalized spacial score (nSPS) is 12.9. The van der Waals surface area contributed by atoms with Crippen molar-refractivity contribution in [3.8, 4) is 5.69 Å². The molecular formula is C18H16Cl2F3N3O4. The van der Waals surface area contributed by atoms with E-state index < -0.39 is 23.1 Å². The van der Waals surface area contributed by atoms with Gasteiger partial charge in [0.05, 0.1) is 17.3 Å². The molecule has 0 saturated carbocycles. The minimum atomic E-state index is -4.86. The van der Waals surface area contributed by atoms with Crippen LogP contribution in [-0.2, 0) is 22.8 Å². The van der Waals surface area contributed by atoms with Crippen LogP contribution < -0.4 is 11.2 Å². The molecule has 1 aromatic heterocycles. The fourth-order valence-electron chi connectivity index (χ4n) is 2.52. The first-order valence-electron chi connectivity index (χ1n) is 8.18. The molecule has 0 atom stereocenters. The Morgan fingerprint density at radius 3 is 2.47 bits per heavy atom. The van der Waals surface area contributed by atoms with E-state index in [0.717, 1.165) is 7.05 Å². The van der Waals surface area contributed by atoms with Crippen LogP contribution in [0.1, 0.15) is 11.3 Å². The molecule has 12 heteroatoms. The molecule has 162 valence electrons. The van der Waals surface area contributed by atoms with Crippen molar-refractivity contribution in [3.63, 3.8) is 0 Å². The molecule has 7 nitrogen and oxygen atoms in total. The highest BCUT2D eigenvalue weighted by Gasteiger charge is 2.35. The number of hydrogen-bond acceptors (Lipinski definition) is 5. The highest BCUT2D eigenvalue weighted by molar-refractivity contribution is 6.46. The Hall–Kier alpha value is -2.56. The molecule has 0 amide bonds. The van der Waals surface area contributed by atoms with Crippen molar-refractivity contribution in [2.24, 2.45) is 12.2 Å². The van der Waals surface area contributed by atoms with Crippen LogP contribution in [0.15, 0.2) is 44.0 Å². The van der Waals surface area contributed by atoms with Gasteiger partial charge in [0.25, 0.3) is 5.56 Å². The minimum absolute atomic E-state index is 0.00594. The molecule has 0 bridgehead atoms. The Labute approximate surface area is 178 Å². The van der Waals surface area contributed by atoms with Gasteiger partial charge in [0.15, 0.2) is 0 Å². The quantitative estimate of drug-likeness (QED) is 0.483. The van der Waals surface area contributed by atoms with Gasteiger partial charge in [-0.25, -0.2) is 9.36 Å². The Morgan fingerprint density at radius 1 is 1.23 bits per heavy atom. The van der Waals surface area contributed by atoms with Crippen LogP contribution in [0.25, 0.3) is 11.8 Å². The van der Waals surface area contributed by atoms with Gasteiger partial charge in [0.2, 0.25) is 0 Å². The summed E-state index contributed by atoms with van der Waals surface area (Å²) in [5.74, 6) is 0. The first-order valence-corrected chi connectivity index (χ1v) is 8.93. The molecular weight excluding hydrogens is 450 g/mol. The lowest BCUT2D eigenvalue weighted by atomic mass is 10.1. The number of hydrogen-bond donors (Lipinski definition) is 0. The molecule has 30 heavy (non-hydrogen) atoms. The third-order valence-electron chi connectivity index (χ3n) is 3.89. The van der Waals surface area contributed by atoms with Crippen LogP contribution in [0.5, 0.6) is 0 Å². The lowest BCUT2D eigenvalue weighted by Gasteiger charge is -2.14. The molecule has 1 heterocycles. The summed E-state index contributed by atoms with van der Waals surface area (Å²) in [5, 5.41) is 4.04. The fourth-order valence-corrected chi connectivity index (χ4v) is 2.90. The molecule has 0 aliphatic rings. The third-order valence-corrected chi connectivity index (χ3v) is 4.56. The van der Waals surface area contributed by atoms with Gasteiger partial charge < -0.3 is 9.57 Å². The average Bonchev–Trinajstić information content (AvgIpc) is 2.66. The fraction of sp³-hybridized carbons (Fsp3) is 0.278. The van der Waals surface area contributed by atoms with Crippen molar-refractivity contribution in [1.29, 1.82) is 0 Å². The number of oxime groups is 1. The second-order valence-corrected chi connectivity index (χ2v) is 6.71. The van der Waals surface area contributed by atoms with Gasteiger partial charge in [-0.1, -0.05) is 28.4 Å². The highest BCUT2D eigenvalue weighted by atomic mass is 35.5. The lowest BCUT2D eigenvalue weighted by molar-refractivity contribution is -0.144. The van der Waals surface area contributed by atoms with Gasteiger partial charge >= 0.3 is 11.9 Å². The molecule has 1 aromatic carbocycles. The summed E-state index contributed by atoms with van der Waals surface area (Å²) in [6.45, 7) is 0.0272. The number of rotatable bonds is 6. The SMILES string of the molecule is COCC(=NOC)C(Cl)=Cc1cc(-n2c(=O)cc(C(F)(F)F)n(C)c2=O)ccc1Cl. The molecule has 0 radical (unpaired) electrons. The summed E-state index contributed by atoms with van der Waals surface area (Å²) in [4.78, 5) is 29.4. The summed E-state index contributed by atoms with van der Waals surface area (Å²) >= 11 is 12.4. The van der Waals surface area contributed by atoms with Gasteiger partial charge in [-0.2, -0.15) is 13.2 Å². The van der Waals surface area contributed by atoms with Gasteiger partial charge in [-0.15, -0.1) is 0 Å². The van der Waals surface area contributed by atoms with Crippen molar-refractivity contribution in [2.75, 3.05) is 20.8 Å². The Balaban J connectivity index is 2.65. The molecule has 2 rings (SSSR count). The van der Waals surface area contributed by atoms with E-state index in [1.165, 1.54) is 38.5 Å². The van der Waals surface area contributed by atoms with Crippen LogP contribution in [0.3, 0.4) is 0 Å². The monoisotopic (exact) mass is 465 g/mol. The van der Waals surface area contributed by atoms with E-state index in [9.17, 15) is 22.8 Å². The van der Waals surface area contributed by atoms with Crippen molar-refractivity contribution < 1.29 is 22.7 Å². The number of nitrogens with zero attached hydrogens (tertiary/aromatic N) is 3. The van der Waals surface area contributed by atoms with Crippen molar-refractivity contribution in [1.82, 2.24) is 9.13 Å². The summed E-state index contributed by atoms with van der Waals surface area (Å²) in [7, 11) is 3.67. The summed E-state index contributed by atoms with van der Waals surface area (Å²) < 4.78 is 45.0. The molecule has 0 N–H and O–H groups in total. The maximum Gasteiger partial charge on any atom is 0.431 e. The topological polar surface area (TPSA) is 74.8 Å². The zero-order chi connectivity index (χ0) is 22.6. The first kappa shape index (κ1) is 23.7. The Morgan fingerprint density at radius 2 is 1.90 bits per heavy atom. The van der Waals surface area contributed by atoms with Crippen LogP contribution in [-0.4, -0.2) is 35.7 Å². The van der Waals surface area contributed by atoms with Gasteiger partial charge in [0, 0.05) is 25.2 Å². The van der Waals surface area contributed by atoms with Gasteiger partial charge in [-0.3, -0.25) is 9.36 Å². The third kappa shape index (κ3) is 5.13. The number of benzene rings is 1. The standard InChI is InChI=1S/C18H16Cl2F3N3O4/c1-25-15(18(21,22)23)8-16(27)26(17(25)28)11-4-5-12(19)10(6-11)7-13(20)14(9-29-2)24-30-3/h4-8H,9H2,1-3H3. The number of ether oxygens (including phenoxy) is 1. The molecule has 0 saturated heterocycles. The van der Waals surface area contributed by atoms with E-state index in [1.54, 1.807) is 0 Å². The van der Waals surface area contributed by atoms with E-state index >= 15 is 0 Å². The maximum absolute atomic E-state index is 13.0. The van der Waals surface area contributed by atoms with Crippen molar-refractivity contribution >= 4 is 35.0 Å². The van der Waals surface area contributed by atoms with E-state index in [-0.39, 0.29) is 33.6 Å². The maximum atomic E-state index is 13.0. The number of alkyl halides is 3. The van der Waals surface area contributed by atoms with E-state index in [1.807, 2.05) is 0 Å². The zero-order valence-corrected chi connectivity index (χ0v) is 17.5. The lowest BCUT2D eigenvalue weighted by Crippen LogP contribution is -2.40. The predicted octanol–water partition coefficient (Wildman–Crippen LogP) is 3.44. The second-order valence-electron chi connectivity index (χ2n) is 5.89. The number of methoxy groups -OCH3 is 1. The van der Waals surface area contributed by atoms with Gasteiger partial charge in [-0.05, 0) is 29.8 Å². The van der Waals surface area contributed by atoms with Crippen LogP contribution in [0, 0.1) is 0 Å². The molecule has 0 aliphatic heterocycles. The summed E-state index contributed by atoms with van der Waals surface area (Å²) in [6, 6.07) is 4.38. The average molecular weight is 466 g/mol. The number of aromatic nitrogens is 2. The zero-order valence-electron chi connectivity index (χ0n) is 16.0. The minimum Gasteiger partial charge on any atom is -0.399 e. The molecule has 0 spiro atoms. The molecule has 0 unspecified atom stereocenters. The largest absolute Gasteiger partial charge is 0.431 e. The van der Waals surface area contributed by atoms with E-state index in [0.29, 0.717) is 15.2 Å². The Bertz CT molecular complexity index is 1120. The molecule has 0 fully saturated rings. The van der Waals surface area contributed by atoms with Crippen LogP contribution >= 0.6 is 23.2 Å².